The van der Waals surface area contributed by atoms with Crippen LogP contribution >= 0.6 is 0 Å². The van der Waals surface area contributed by atoms with Crippen LogP contribution in [0.15, 0.2) is 183 Å². The van der Waals surface area contributed by atoms with Gasteiger partial charge in [-0.15, -0.1) is 0 Å². The van der Waals surface area contributed by atoms with Crippen molar-refractivity contribution >= 4 is 65.9 Å². The number of hydrogen-bond acceptors (Lipinski definition) is 4. The van der Waals surface area contributed by atoms with Gasteiger partial charge >= 0.3 is 0 Å². The molecule has 2 unspecified atom stereocenters. The fourth-order valence-electron chi connectivity index (χ4n) is 10.8. The zero-order valence-electron chi connectivity index (χ0n) is 32.0. The highest BCUT2D eigenvalue weighted by atomic mass is 14.7. The van der Waals surface area contributed by atoms with Crippen LogP contribution in [0.5, 0.6) is 0 Å². The molecule has 4 heteroatoms. The zero-order chi connectivity index (χ0) is 38.6. The zero-order valence-corrected chi connectivity index (χ0v) is 32.0. The Morgan fingerprint density at radius 2 is 0.831 bits per heavy atom. The molecule has 0 amide bonds. The summed E-state index contributed by atoms with van der Waals surface area (Å²) in [6, 6.07) is 58.3. The molecule has 3 aliphatic rings. The lowest BCUT2D eigenvalue weighted by Gasteiger charge is -2.27. The number of allylic oxidation sites excluding steroid dienone is 2. The summed E-state index contributed by atoms with van der Waals surface area (Å²) < 4.78 is 0. The second-order valence-electron chi connectivity index (χ2n) is 16.0. The van der Waals surface area contributed by atoms with E-state index in [1.807, 2.05) is 36.9 Å². The van der Waals surface area contributed by atoms with E-state index in [0.29, 0.717) is 0 Å². The summed E-state index contributed by atoms with van der Waals surface area (Å²) in [5, 5.41) is 4.52. The summed E-state index contributed by atoms with van der Waals surface area (Å²) in [5.74, 6) is 0.0666. The fraction of sp³-hybridized carbons (Fsp3) is 0.0545. The summed E-state index contributed by atoms with van der Waals surface area (Å²) in [5.41, 5.74) is 22.1. The van der Waals surface area contributed by atoms with Crippen molar-refractivity contribution in [3.63, 3.8) is 0 Å². The molecule has 0 fully saturated rings. The topological polar surface area (TPSA) is 51.6 Å². The van der Waals surface area contributed by atoms with Crippen LogP contribution in [-0.2, 0) is 6.42 Å². The molecule has 0 saturated heterocycles. The molecule has 2 atom stereocenters. The van der Waals surface area contributed by atoms with Crippen molar-refractivity contribution in [1.82, 2.24) is 19.9 Å². The molecule has 0 bridgehead atoms. The quantitative estimate of drug-likeness (QED) is 0.169. The van der Waals surface area contributed by atoms with E-state index in [2.05, 4.69) is 146 Å². The first kappa shape index (κ1) is 32.5. The van der Waals surface area contributed by atoms with Crippen LogP contribution in [0.3, 0.4) is 0 Å². The van der Waals surface area contributed by atoms with Gasteiger partial charge in [0.05, 0.1) is 22.1 Å². The largest absolute Gasteiger partial charge is 0.254 e. The molecule has 10 aromatic rings. The molecular formula is C55H34N4. The smallest absolute Gasteiger partial charge is 0.0967 e. The van der Waals surface area contributed by atoms with E-state index >= 15 is 0 Å². The van der Waals surface area contributed by atoms with Crippen LogP contribution in [-0.4, -0.2) is 19.9 Å². The molecule has 0 radical (unpaired) electrons. The van der Waals surface area contributed by atoms with Gasteiger partial charge in [0, 0.05) is 58.2 Å². The average molecular weight is 751 g/mol. The van der Waals surface area contributed by atoms with Crippen molar-refractivity contribution in [3.8, 4) is 0 Å². The van der Waals surface area contributed by atoms with Gasteiger partial charge in [0.2, 0.25) is 0 Å². The Bertz CT molecular complexity index is 3500. The van der Waals surface area contributed by atoms with Crippen LogP contribution in [0.4, 0.5) is 0 Å². The van der Waals surface area contributed by atoms with Crippen molar-refractivity contribution in [1.29, 1.82) is 0 Å². The summed E-state index contributed by atoms with van der Waals surface area (Å²) in [4.78, 5) is 19.5. The highest BCUT2D eigenvalue weighted by molar-refractivity contribution is 6.18. The lowest BCUT2D eigenvalue weighted by molar-refractivity contribution is 0.872. The number of fused-ring (bicyclic) bond motifs is 16. The number of hydrogen-bond donors (Lipinski definition) is 0. The summed E-state index contributed by atoms with van der Waals surface area (Å²) >= 11 is 0. The lowest BCUT2D eigenvalue weighted by Crippen LogP contribution is -2.09. The van der Waals surface area contributed by atoms with Gasteiger partial charge in [-0.2, -0.15) is 0 Å². The predicted octanol–water partition coefficient (Wildman–Crippen LogP) is 12.6. The minimum absolute atomic E-state index is 0.0358. The van der Waals surface area contributed by atoms with E-state index in [4.69, 9.17) is 19.9 Å². The monoisotopic (exact) mass is 750 g/mol. The summed E-state index contributed by atoms with van der Waals surface area (Å²) in [6.07, 6.45) is 8.35. The number of nitrogens with zero attached hydrogens (tertiary/aromatic N) is 4. The molecule has 4 aromatic heterocycles. The van der Waals surface area contributed by atoms with Crippen LogP contribution in [0, 0.1) is 0 Å². The van der Waals surface area contributed by atoms with Crippen LogP contribution in [0.25, 0.3) is 65.9 Å². The second kappa shape index (κ2) is 12.5. The average Bonchev–Trinajstić information content (AvgIpc) is 3.80. The summed E-state index contributed by atoms with van der Waals surface area (Å²) in [7, 11) is 0. The van der Waals surface area contributed by atoms with Gasteiger partial charge in [-0.3, -0.25) is 19.9 Å². The molecule has 0 saturated carbocycles. The first-order valence-electron chi connectivity index (χ1n) is 20.4. The van der Waals surface area contributed by atoms with E-state index in [0.717, 1.165) is 50.0 Å². The van der Waals surface area contributed by atoms with Crippen molar-refractivity contribution in [3.05, 3.63) is 238 Å². The third-order valence-electron chi connectivity index (χ3n) is 13.1. The first-order chi connectivity index (χ1) is 29.3. The summed E-state index contributed by atoms with van der Waals surface area (Å²) in [6.45, 7) is 0. The van der Waals surface area contributed by atoms with Crippen molar-refractivity contribution in [2.24, 2.45) is 0 Å². The van der Waals surface area contributed by atoms with Gasteiger partial charge in [0.25, 0.3) is 0 Å². The SMILES string of the molecule is c1ccc2c(c1)C1=C(c3ccccc3C3=C2C(c2cc4cccnc4c4ncccc24)c2ccccc23)C(Cc2cc3cccnc3c3ncccc23)c2ccccc21. The standard InChI is InChI=1S/C55H34N4/c1-2-16-37-36(15-1)45(31-34-29-32-13-9-25-56-52(32)54-35(34)23-11-27-58-54)49-40-19-5-3-17-38(40)48-39-18-4-6-20-41(39)50(51(48)43-22-8-7-21-42(43)47(37)49)46-30-33-14-10-26-57-53(33)55-44(46)24-12-28-59-55/h1-30,45,50H,31H2. The minimum atomic E-state index is -0.0358. The van der Waals surface area contributed by atoms with Crippen LogP contribution < -0.4 is 0 Å². The number of aromatic nitrogens is 4. The molecule has 0 N–H and O–H groups in total. The van der Waals surface area contributed by atoms with Gasteiger partial charge in [0.1, 0.15) is 0 Å². The Labute approximate surface area is 340 Å². The van der Waals surface area contributed by atoms with E-state index < -0.39 is 0 Å². The van der Waals surface area contributed by atoms with Gasteiger partial charge < -0.3 is 0 Å². The van der Waals surface area contributed by atoms with Gasteiger partial charge in [-0.1, -0.05) is 121 Å². The molecule has 0 spiro atoms. The maximum absolute atomic E-state index is 4.97. The Kier molecular flexibility index (Phi) is 6.87. The predicted molar refractivity (Wildman–Crippen MR) is 240 cm³/mol. The molecule has 0 aliphatic heterocycles. The fourth-order valence-corrected chi connectivity index (χ4v) is 10.8. The Hall–Kier alpha value is -7.56. The maximum atomic E-state index is 4.97. The van der Waals surface area contributed by atoms with Gasteiger partial charge in [0.15, 0.2) is 0 Å². The highest BCUT2D eigenvalue weighted by Crippen LogP contribution is 2.61. The minimum Gasteiger partial charge on any atom is -0.254 e. The lowest BCUT2D eigenvalue weighted by atomic mass is 9.75. The number of rotatable bonds is 3. The molecule has 274 valence electrons. The molecule has 59 heavy (non-hydrogen) atoms. The molecule has 3 aliphatic carbocycles. The third kappa shape index (κ3) is 4.60. The maximum Gasteiger partial charge on any atom is 0.0967 e. The van der Waals surface area contributed by atoms with Crippen molar-refractivity contribution in [2.45, 2.75) is 18.3 Å². The second-order valence-corrected chi connectivity index (χ2v) is 16.0. The van der Waals surface area contributed by atoms with Crippen LogP contribution in [0.2, 0.25) is 0 Å². The third-order valence-corrected chi connectivity index (χ3v) is 13.1. The van der Waals surface area contributed by atoms with Crippen LogP contribution in [0.1, 0.15) is 67.5 Å². The van der Waals surface area contributed by atoms with Crippen molar-refractivity contribution in [2.75, 3.05) is 0 Å². The highest BCUT2D eigenvalue weighted by Gasteiger charge is 2.42. The van der Waals surface area contributed by atoms with Gasteiger partial charge in [-0.25, -0.2) is 0 Å². The van der Waals surface area contributed by atoms with Crippen molar-refractivity contribution < 1.29 is 0 Å². The van der Waals surface area contributed by atoms with E-state index in [-0.39, 0.29) is 11.8 Å². The number of benzene rings is 6. The molecule has 13 rings (SSSR count). The molecule has 4 nitrogen and oxygen atoms in total. The molecule has 6 aromatic carbocycles. The van der Waals surface area contributed by atoms with E-state index in [1.54, 1.807) is 0 Å². The Morgan fingerprint density at radius 3 is 1.51 bits per heavy atom. The first-order valence-corrected chi connectivity index (χ1v) is 20.4. The Morgan fingerprint density at radius 1 is 0.356 bits per heavy atom. The van der Waals surface area contributed by atoms with E-state index in [1.165, 1.54) is 77.9 Å². The Balaban J connectivity index is 1.11. The molecular weight excluding hydrogens is 717 g/mol. The molecule has 4 heterocycles. The normalized spacial score (nSPS) is 16.4. The van der Waals surface area contributed by atoms with E-state index in [9.17, 15) is 0 Å². The number of pyridine rings is 4. The van der Waals surface area contributed by atoms with Gasteiger partial charge in [-0.05, 0) is 121 Å².